The van der Waals surface area contributed by atoms with Gasteiger partial charge in [-0.05, 0) is 12.1 Å². The summed E-state index contributed by atoms with van der Waals surface area (Å²) in [6, 6.07) is 7.06. The number of halogens is 1. The van der Waals surface area contributed by atoms with Crippen molar-refractivity contribution >= 4 is 50.7 Å². The van der Waals surface area contributed by atoms with Crippen LogP contribution in [-0.2, 0) is 16.1 Å². The van der Waals surface area contributed by atoms with Gasteiger partial charge in [-0.3, -0.25) is 19.7 Å². The Morgan fingerprint density at radius 2 is 1.97 bits per heavy atom. The highest BCUT2D eigenvalue weighted by molar-refractivity contribution is 7.16. The molecule has 0 bridgehead atoms. The lowest BCUT2D eigenvalue weighted by Gasteiger charge is -2.18. The number of amides is 1. The largest absolute Gasteiger partial charge is 0.486 e. The summed E-state index contributed by atoms with van der Waals surface area (Å²) >= 11 is 7.04. The number of nitrogens with zero attached hydrogens (tertiary/aromatic N) is 3. The van der Waals surface area contributed by atoms with Crippen LogP contribution in [-0.4, -0.2) is 41.7 Å². The van der Waals surface area contributed by atoms with E-state index in [9.17, 15) is 19.7 Å². The number of thiazole rings is 1. The van der Waals surface area contributed by atoms with Crippen LogP contribution in [0.5, 0.6) is 11.5 Å². The molecule has 4 rings (SSSR count). The summed E-state index contributed by atoms with van der Waals surface area (Å²) in [5, 5.41) is 11.5. The van der Waals surface area contributed by atoms with Gasteiger partial charge in [0.2, 0.25) is 0 Å². The topological polar surface area (TPSA) is 122 Å². The maximum atomic E-state index is 12.8. The minimum atomic E-state index is -0.864. The van der Waals surface area contributed by atoms with Crippen LogP contribution in [0.2, 0.25) is 5.02 Å². The molecule has 10 nitrogen and oxygen atoms in total. The highest BCUT2D eigenvalue weighted by atomic mass is 35.5. The Morgan fingerprint density at radius 3 is 2.65 bits per heavy atom. The van der Waals surface area contributed by atoms with E-state index in [0.717, 1.165) is 17.4 Å². The Hall–Kier alpha value is -3.44. The van der Waals surface area contributed by atoms with Gasteiger partial charge in [0, 0.05) is 23.2 Å². The molecule has 0 unspecified atom stereocenters. The number of hydrogen-bond donors (Lipinski definition) is 0. The minimum absolute atomic E-state index is 0.155. The number of carbonyl (C=O) groups is 2. The fourth-order valence-corrected chi connectivity index (χ4v) is 4.23. The standard InChI is InChI=1S/C19H14ClN3O7S/c1-28-17(24)9-22-13-7-14-15(30-5-4-29-14)8-16(13)31-19(22)21-18(25)11-6-10(20)2-3-12(11)23(26)27/h2-3,6-8H,4-5,9H2,1H3. The van der Waals surface area contributed by atoms with Crippen molar-refractivity contribution in [1.29, 1.82) is 0 Å². The molecule has 1 aliphatic heterocycles. The normalized spacial score (nSPS) is 13.3. The number of ether oxygens (including phenoxy) is 3. The first-order valence-electron chi connectivity index (χ1n) is 8.90. The summed E-state index contributed by atoms with van der Waals surface area (Å²) in [4.78, 5) is 39.6. The van der Waals surface area contributed by atoms with Crippen LogP contribution in [0, 0.1) is 10.1 Å². The molecular formula is C19H14ClN3O7S. The van der Waals surface area contributed by atoms with Gasteiger partial charge in [-0.15, -0.1) is 0 Å². The van der Waals surface area contributed by atoms with E-state index in [4.69, 9.17) is 25.8 Å². The van der Waals surface area contributed by atoms with Crippen molar-refractivity contribution < 1.29 is 28.7 Å². The molecule has 1 aliphatic rings. The van der Waals surface area contributed by atoms with Crippen molar-refractivity contribution in [3.63, 3.8) is 0 Å². The second-order valence-electron chi connectivity index (χ2n) is 6.35. The summed E-state index contributed by atoms with van der Waals surface area (Å²) < 4.78 is 18.1. The van der Waals surface area contributed by atoms with E-state index in [1.807, 2.05) is 0 Å². The number of methoxy groups -OCH3 is 1. The molecule has 0 N–H and O–H groups in total. The van der Waals surface area contributed by atoms with Crippen molar-refractivity contribution in [2.45, 2.75) is 6.54 Å². The molecule has 12 heteroatoms. The number of esters is 1. The molecule has 0 saturated carbocycles. The average molecular weight is 464 g/mol. The molecular weight excluding hydrogens is 450 g/mol. The third-order valence-corrected chi connectivity index (χ3v) is 5.72. The van der Waals surface area contributed by atoms with Crippen LogP contribution in [0.1, 0.15) is 10.4 Å². The molecule has 1 amide bonds. The number of aromatic nitrogens is 1. The Kier molecular flexibility index (Phi) is 5.61. The van der Waals surface area contributed by atoms with Gasteiger partial charge in [0.05, 0.1) is 22.2 Å². The van der Waals surface area contributed by atoms with Crippen LogP contribution in [0.15, 0.2) is 35.3 Å². The molecule has 2 aromatic carbocycles. The van der Waals surface area contributed by atoms with E-state index in [1.165, 1.54) is 23.8 Å². The van der Waals surface area contributed by atoms with Gasteiger partial charge < -0.3 is 18.8 Å². The number of rotatable bonds is 4. The molecule has 2 heterocycles. The van der Waals surface area contributed by atoms with Crippen molar-refractivity contribution in [3.8, 4) is 11.5 Å². The minimum Gasteiger partial charge on any atom is -0.486 e. The van der Waals surface area contributed by atoms with Gasteiger partial charge in [-0.2, -0.15) is 4.99 Å². The van der Waals surface area contributed by atoms with Gasteiger partial charge in [0.25, 0.3) is 11.6 Å². The first-order valence-corrected chi connectivity index (χ1v) is 10.1. The fraction of sp³-hybridized carbons (Fsp3) is 0.211. The van der Waals surface area contributed by atoms with Crippen LogP contribution in [0.25, 0.3) is 10.2 Å². The van der Waals surface area contributed by atoms with Crippen molar-refractivity contribution in [3.05, 3.63) is 55.8 Å². The number of nitro benzene ring substituents is 1. The van der Waals surface area contributed by atoms with Crippen molar-refractivity contribution in [2.24, 2.45) is 4.99 Å². The summed E-state index contributed by atoms with van der Waals surface area (Å²) in [6.07, 6.45) is 0. The molecule has 3 aromatic rings. The lowest BCUT2D eigenvalue weighted by molar-refractivity contribution is -0.385. The molecule has 0 aliphatic carbocycles. The van der Waals surface area contributed by atoms with E-state index < -0.39 is 22.5 Å². The fourth-order valence-electron chi connectivity index (χ4n) is 3.02. The Morgan fingerprint density at radius 1 is 1.26 bits per heavy atom. The zero-order valence-electron chi connectivity index (χ0n) is 16.0. The number of carbonyl (C=O) groups excluding carboxylic acids is 2. The lowest BCUT2D eigenvalue weighted by Crippen LogP contribution is -2.22. The van der Waals surface area contributed by atoms with E-state index in [1.54, 1.807) is 12.1 Å². The van der Waals surface area contributed by atoms with Crippen molar-refractivity contribution in [1.82, 2.24) is 4.57 Å². The van der Waals surface area contributed by atoms with Crippen LogP contribution < -0.4 is 14.3 Å². The molecule has 1 aromatic heterocycles. The van der Waals surface area contributed by atoms with Gasteiger partial charge in [0.15, 0.2) is 16.3 Å². The van der Waals surface area contributed by atoms with E-state index in [0.29, 0.717) is 34.9 Å². The van der Waals surface area contributed by atoms with Gasteiger partial charge in [-0.1, -0.05) is 22.9 Å². The van der Waals surface area contributed by atoms with Gasteiger partial charge in [0.1, 0.15) is 25.3 Å². The second kappa shape index (κ2) is 8.36. The number of benzene rings is 2. The number of hydrogen-bond acceptors (Lipinski definition) is 8. The zero-order chi connectivity index (χ0) is 22.1. The highest BCUT2D eigenvalue weighted by Gasteiger charge is 2.22. The molecule has 0 radical (unpaired) electrons. The first-order chi connectivity index (χ1) is 14.9. The molecule has 0 atom stereocenters. The summed E-state index contributed by atoms with van der Waals surface area (Å²) in [6.45, 7) is 0.563. The predicted molar refractivity (Wildman–Crippen MR) is 111 cm³/mol. The second-order valence-corrected chi connectivity index (χ2v) is 7.79. The summed E-state index contributed by atoms with van der Waals surface area (Å²) in [5.74, 6) is -0.388. The average Bonchev–Trinajstić information content (AvgIpc) is 3.07. The van der Waals surface area contributed by atoms with E-state index in [-0.39, 0.29) is 21.9 Å². The van der Waals surface area contributed by atoms with Crippen LogP contribution in [0.3, 0.4) is 0 Å². The molecule has 160 valence electrons. The monoisotopic (exact) mass is 463 g/mol. The van der Waals surface area contributed by atoms with Gasteiger partial charge in [-0.25, -0.2) is 0 Å². The Balaban J connectivity index is 1.90. The highest BCUT2D eigenvalue weighted by Crippen LogP contribution is 2.35. The maximum absolute atomic E-state index is 12.8. The van der Waals surface area contributed by atoms with Crippen molar-refractivity contribution in [2.75, 3.05) is 20.3 Å². The maximum Gasteiger partial charge on any atom is 0.325 e. The number of nitro groups is 1. The molecule has 0 fully saturated rings. The third kappa shape index (κ3) is 4.09. The molecule has 0 saturated heterocycles. The Bertz CT molecular complexity index is 1300. The zero-order valence-corrected chi connectivity index (χ0v) is 17.6. The predicted octanol–water partition coefficient (Wildman–Crippen LogP) is 2.95. The lowest BCUT2D eigenvalue weighted by atomic mass is 10.2. The van der Waals surface area contributed by atoms with Crippen LogP contribution in [0.4, 0.5) is 5.69 Å². The van der Waals surface area contributed by atoms with E-state index in [2.05, 4.69) is 4.99 Å². The van der Waals surface area contributed by atoms with E-state index >= 15 is 0 Å². The third-order valence-electron chi connectivity index (χ3n) is 4.44. The molecule has 31 heavy (non-hydrogen) atoms. The molecule has 0 spiro atoms. The first kappa shape index (κ1) is 20.8. The Labute approximate surface area is 183 Å². The summed E-state index contributed by atoms with van der Waals surface area (Å²) in [5.41, 5.74) is -0.103. The summed E-state index contributed by atoms with van der Waals surface area (Å²) in [7, 11) is 1.24. The quantitative estimate of drug-likeness (QED) is 0.331. The van der Waals surface area contributed by atoms with Gasteiger partial charge >= 0.3 is 5.97 Å². The van der Waals surface area contributed by atoms with Crippen LogP contribution >= 0.6 is 22.9 Å². The number of fused-ring (bicyclic) bond motifs is 2. The SMILES string of the molecule is COC(=O)Cn1c(=NC(=O)c2cc(Cl)ccc2[N+](=O)[O-])sc2cc3c(cc21)OCCO3. The smallest absolute Gasteiger partial charge is 0.325 e.